The van der Waals surface area contributed by atoms with Crippen molar-refractivity contribution in [3.8, 4) is 0 Å². The molecule has 1 fully saturated rings. The monoisotopic (exact) mass is 458 g/mol. The second-order valence-corrected chi connectivity index (χ2v) is 7.56. The van der Waals surface area contributed by atoms with Crippen molar-refractivity contribution < 1.29 is 24.6 Å². The van der Waals surface area contributed by atoms with Gasteiger partial charge in [-0.3, -0.25) is 24.4 Å². The zero-order chi connectivity index (χ0) is 23.7. The summed E-state index contributed by atoms with van der Waals surface area (Å²) < 4.78 is 0. The van der Waals surface area contributed by atoms with Gasteiger partial charge in [0.2, 0.25) is 5.95 Å². The maximum Gasteiger partial charge on any atom is 0.326 e. The van der Waals surface area contributed by atoms with Crippen LogP contribution < -0.4 is 37.3 Å². The van der Waals surface area contributed by atoms with E-state index in [1.54, 1.807) is 17.1 Å². The minimum absolute atomic E-state index is 0.0238. The number of aromatic nitrogens is 2. The van der Waals surface area contributed by atoms with Crippen LogP contribution in [-0.4, -0.2) is 63.4 Å². The van der Waals surface area contributed by atoms with Gasteiger partial charge in [-0.05, 0) is 30.7 Å². The van der Waals surface area contributed by atoms with Crippen molar-refractivity contribution >= 4 is 41.0 Å². The number of carbonyl (C=O) groups is 3. The number of carboxylic acids is 2. The Labute approximate surface area is 186 Å². The quantitative estimate of drug-likeness (QED) is 0.265. The number of anilines is 4. The average Bonchev–Trinajstić information content (AvgIpc) is 3.20. The van der Waals surface area contributed by atoms with Gasteiger partial charge in [0.25, 0.3) is 11.5 Å². The van der Waals surface area contributed by atoms with Crippen molar-refractivity contribution in [2.75, 3.05) is 34.2 Å². The van der Waals surface area contributed by atoms with E-state index < -0.39 is 23.9 Å². The number of benzene rings is 1. The topological polar surface area (TPSA) is 206 Å². The molecule has 2 aromatic rings. The average molecular weight is 458 g/mol. The Kier molecular flexibility index (Phi) is 5.74. The number of amides is 1. The van der Waals surface area contributed by atoms with E-state index in [9.17, 15) is 24.3 Å². The molecule has 3 heterocycles. The van der Waals surface area contributed by atoms with Gasteiger partial charge in [-0.25, -0.2) is 10.2 Å². The molecule has 0 bridgehead atoms. The van der Waals surface area contributed by atoms with Crippen molar-refractivity contribution in [1.29, 1.82) is 0 Å². The summed E-state index contributed by atoms with van der Waals surface area (Å²) in [7, 11) is 0. The number of carboxylic acid groups (broad SMARTS) is 2. The van der Waals surface area contributed by atoms with Crippen molar-refractivity contribution in [3.63, 3.8) is 0 Å². The van der Waals surface area contributed by atoms with Crippen LogP contribution in [-0.2, 0) is 9.59 Å². The SMILES string of the molecule is Nc1nc2c(c(=O)[nH]1)N1CN(c3ccc(C(=O)N[C@@H](CCC(=O)O)C(=O)O)cc3)NC1CN2. The lowest BCUT2D eigenvalue weighted by molar-refractivity contribution is -0.140. The summed E-state index contributed by atoms with van der Waals surface area (Å²) >= 11 is 0. The normalized spacial score (nSPS) is 17.5. The number of hydrogen-bond donors (Lipinski definition) is 7. The number of hydrogen-bond acceptors (Lipinski definition) is 10. The standard InChI is InChI=1S/C19H22N8O6/c20-19-23-15-14(17(31)24-19)26-8-27(25-12(26)7-21-15)10-3-1-9(2-4-10)16(30)22-11(18(32)33)5-6-13(28)29/h1-4,11-12,25H,5-8H2,(H,22,30)(H,28,29)(H,32,33)(H4,20,21,23,24,31)/t11-,12?/m0/s1. The fourth-order valence-corrected chi connectivity index (χ4v) is 3.71. The van der Waals surface area contributed by atoms with Crippen molar-refractivity contribution in [2.45, 2.75) is 25.0 Å². The number of hydrazine groups is 1. The third kappa shape index (κ3) is 4.50. The largest absolute Gasteiger partial charge is 0.481 e. The Bertz CT molecular complexity index is 1150. The summed E-state index contributed by atoms with van der Waals surface area (Å²) in [5.74, 6) is -2.65. The van der Waals surface area contributed by atoms with E-state index in [1.165, 1.54) is 12.1 Å². The number of fused-ring (bicyclic) bond motifs is 3. The van der Waals surface area contributed by atoms with E-state index in [4.69, 9.17) is 10.8 Å². The van der Waals surface area contributed by atoms with Gasteiger partial charge >= 0.3 is 11.9 Å². The van der Waals surface area contributed by atoms with Gasteiger partial charge < -0.3 is 31.5 Å². The predicted octanol–water partition coefficient (Wildman–Crippen LogP) is -1.06. The molecular formula is C19H22N8O6. The van der Waals surface area contributed by atoms with Crippen LogP contribution in [0.5, 0.6) is 0 Å². The zero-order valence-electron chi connectivity index (χ0n) is 17.2. The maximum absolute atomic E-state index is 12.4. The molecule has 2 aliphatic heterocycles. The second-order valence-electron chi connectivity index (χ2n) is 7.56. The summed E-state index contributed by atoms with van der Waals surface area (Å²) in [5, 5.41) is 25.2. The highest BCUT2D eigenvalue weighted by molar-refractivity contribution is 5.97. The van der Waals surface area contributed by atoms with E-state index in [-0.39, 0.29) is 36.1 Å². The van der Waals surface area contributed by atoms with Crippen LogP contribution >= 0.6 is 0 Å². The molecule has 0 aliphatic carbocycles. The molecule has 2 atom stereocenters. The number of nitrogen functional groups attached to an aromatic ring is 1. The minimum atomic E-state index is -1.31. The molecule has 1 aromatic heterocycles. The summed E-state index contributed by atoms with van der Waals surface area (Å²) in [6.45, 7) is 0.808. The molecule has 0 saturated carbocycles. The fourth-order valence-electron chi connectivity index (χ4n) is 3.71. The molecule has 0 radical (unpaired) electrons. The molecule has 1 aromatic carbocycles. The third-order valence-electron chi connectivity index (χ3n) is 5.33. The zero-order valence-corrected chi connectivity index (χ0v) is 17.2. The number of carbonyl (C=O) groups excluding carboxylic acids is 1. The Balaban J connectivity index is 1.45. The Morgan fingerprint density at radius 2 is 1.97 bits per heavy atom. The number of nitrogens with two attached hydrogens (primary N) is 1. The molecule has 174 valence electrons. The van der Waals surface area contributed by atoms with Gasteiger partial charge in [0, 0.05) is 12.0 Å². The first-order chi connectivity index (χ1) is 15.7. The summed E-state index contributed by atoms with van der Waals surface area (Å²) in [5.41, 5.74) is 9.82. The van der Waals surface area contributed by atoms with Crippen molar-refractivity contribution in [3.05, 3.63) is 40.2 Å². The molecule has 1 amide bonds. The third-order valence-corrected chi connectivity index (χ3v) is 5.33. The molecule has 33 heavy (non-hydrogen) atoms. The number of aromatic amines is 1. The first-order valence-corrected chi connectivity index (χ1v) is 10.0. The second kappa shape index (κ2) is 8.66. The van der Waals surface area contributed by atoms with Gasteiger partial charge in [0.05, 0.1) is 12.2 Å². The van der Waals surface area contributed by atoms with Crippen LogP contribution in [0.15, 0.2) is 29.1 Å². The molecule has 0 spiro atoms. The van der Waals surface area contributed by atoms with Gasteiger partial charge in [0.1, 0.15) is 24.6 Å². The first-order valence-electron chi connectivity index (χ1n) is 10.0. The fraction of sp³-hybridized carbons (Fsp3) is 0.316. The lowest BCUT2D eigenvalue weighted by atomic mass is 10.1. The van der Waals surface area contributed by atoms with Gasteiger partial charge in [-0.2, -0.15) is 4.98 Å². The highest BCUT2D eigenvalue weighted by Gasteiger charge is 2.37. The lowest BCUT2D eigenvalue weighted by Crippen LogP contribution is -2.48. The van der Waals surface area contributed by atoms with Crippen LogP contribution in [0.1, 0.15) is 23.2 Å². The van der Waals surface area contributed by atoms with Crippen LogP contribution in [0, 0.1) is 0 Å². The molecule has 14 nitrogen and oxygen atoms in total. The molecule has 14 heteroatoms. The molecule has 1 unspecified atom stereocenters. The highest BCUT2D eigenvalue weighted by atomic mass is 16.4. The highest BCUT2D eigenvalue weighted by Crippen LogP contribution is 2.30. The van der Waals surface area contributed by atoms with Crippen LogP contribution in [0.25, 0.3) is 0 Å². The van der Waals surface area contributed by atoms with E-state index in [1.807, 2.05) is 4.90 Å². The van der Waals surface area contributed by atoms with E-state index in [0.717, 1.165) is 0 Å². The van der Waals surface area contributed by atoms with Gasteiger partial charge in [0.15, 0.2) is 5.82 Å². The Morgan fingerprint density at radius 3 is 2.64 bits per heavy atom. The summed E-state index contributed by atoms with van der Waals surface area (Å²) in [4.78, 5) is 55.3. The number of nitrogens with zero attached hydrogens (tertiary/aromatic N) is 3. The van der Waals surface area contributed by atoms with Crippen molar-refractivity contribution in [2.24, 2.45) is 0 Å². The predicted molar refractivity (Wildman–Crippen MR) is 117 cm³/mol. The molecule has 1 saturated heterocycles. The first kappa shape index (κ1) is 21.9. The molecule has 4 rings (SSSR count). The van der Waals surface area contributed by atoms with Gasteiger partial charge in [-0.15, -0.1) is 0 Å². The number of nitrogens with one attached hydrogen (secondary N) is 4. The number of H-pyrrole nitrogens is 1. The lowest BCUT2D eigenvalue weighted by Gasteiger charge is -2.30. The van der Waals surface area contributed by atoms with E-state index >= 15 is 0 Å². The van der Waals surface area contributed by atoms with Crippen LogP contribution in [0.3, 0.4) is 0 Å². The van der Waals surface area contributed by atoms with Crippen LogP contribution in [0.2, 0.25) is 0 Å². The smallest absolute Gasteiger partial charge is 0.326 e. The maximum atomic E-state index is 12.4. The van der Waals surface area contributed by atoms with E-state index in [0.29, 0.717) is 30.4 Å². The minimum Gasteiger partial charge on any atom is -0.481 e. The Morgan fingerprint density at radius 1 is 1.24 bits per heavy atom. The van der Waals surface area contributed by atoms with E-state index in [2.05, 4.69) is 26.0 Å². The van der Waals surface area contributed by atoms with Crippen LogP contribution in [0.4, 0.5) is 23.1 Å². The Hall–Kier alpha value is -4.33. The number of rotatable bonds is 7. The number of aliphatic carboxylic acids is 2. The van der Waals surface area contributed by atoms with Gasteiger partial charge in [-0.1, -0.05) is 0 Å². The summed E-state index contributed by atoms with van der Waals surface area (Å²) in [6, 6.07) is 5.10. The molecule has 2 aliphatic rings. The molecular weight excluding hydrogens is 436 g/mol. The summed E-state index contributed by atoms with van der Waals surface area (Å²) in [6.07, 6.45) is -0.812. The molecule has 8 N–H and O–H groups in total. The van der Waals surface area contributed by atoms with Crippen molar-refractivity contribution in [1.82, 2.24) is 20.7 Å².